The lowest BCUT2D eigenvalue weighted by Gasteiger charge is -2.30. The Labute approximate surface area is 157 Å². The number of aliphatic hydroxyl groups excluding tert-OH is 1. The highest BCUT2D eigenvalue weighted by atomic mass is 16.3. The lowest BCUT2D eigenvalue weighted by atomic mass is 9.80. The highest BCUT2D eigenvalue weighted by molar-refractivity contribution is 5.82. The summed E-state index contributed by atoms with van der Waals surface area (Å²) in [4.78, 5) is 5.06. The Morgan fingerprint density at radius 1 is 1.08 bits per heavy atom. The molecule has 0 radical (unpaired) electrons. The van der Waals surface area contributed by atoms with Gasteiger partial charge in [0.05, 0.1) is 17.5 Å². The molecule has 26 heavy (non-hydrogen) atoms. The number of aliphatic hydroxyl groups is 1. The van der Waals surface area contributed by atoms with Crippen molar-refractivity contribution in [1.82, 2.24) is 4.98 Å². The van der Waals surface area contributed by atoms with Gasteiger partial charge in [0.25, 0.3) is 0 Å². The van der Waals surface area contributed by atoms with Crippen LogP contribution in [0.2, 0.25) is 0 Å². The SMILES string of the molecule is CCCCc1c2c(nc3c1CCCC3O)/C(=C\c1ccccc1)CCC2. The monoisotopic (exact) mass is 347 g/mol. The summed E-state index contributed by atoms with van der Waals surface area (Å²) < 4.78 is 0. The van der Waals surface area contributed by atoms with Gasteiger partial charge in [-0.15, -0.1) is 0 Å². The maximum atomic E-state index is 10.6. The van der Waals surface area contributed by atoms with Gasteiger partial charge in [0, 0.05) is 0 Å². The maximum absolute atomic E-state index is 10.6. The molecule has 4 rings (SSSR count). The summed E-state index contributed by atoms with van der Waals surface area (Å²) in [5.41, 5.74) is 9.09. The average molecular weight is 348 g/mol. The summed E-state index contributed by atoms with van der Waals surface area (Å²) in [5.74, 6) is 0. The van der Waals surface area contributed by atoms with Gasteiger partial charge in [0.2, 0.25) is 0 Å². The van der Waals surface area contributed by atoms with Gasteiger partial charge in [-0.1, -0.05) is 43.7 Å². The molecule has 0 saturated carbocycles. The van der Waals surface area contributed by atoms with Crippen molar-refractivity contribution in [2.45, 2.75) is 70.8 Å². The number of rotatable bonds is 4. The quantitative estimate of drug-likeness (QED) is 0.773. The van der Waals surface area contributed by atoms with E-state index in [4.69, 9.17) is 4.98 Å². The Kier molecular flexibility index (Phi) is 5.21. The lowest BCUT2D eigenvalue weighted by Crippen LogP contribution is -2.20. The van der Waals surface area contributed by atoms with Crippen LogP contribution in [0.3, 0.4) is 0 Å². The molecule has 0 saturated heterocycles. The van der Waals surface area contributed by atoms with Crippen molar-refractivity contribution >= 4 is 11.6 Å². The summed E-state index contributed by atoms with van der Waals surface area (Å²) in [6.07, 6.45) is 11.9. The molecule has 1 heterocycles. The molecule has 1 aromatic heterocycles. The molecule has 2 aromatic rings. The first-order chi connectivity index (χ1) is 12.8. The van der Waals surface area contributed by atoms with Crippen molar-refractivity contribution in [1.29, 1.82) is 0 Å². The third-order valence-electron chi connectivity index (χ3n) is 5.87. The summed E-state index contributed by atoms with van der Waals surface area (Å²) in [6.45, 7) is 2.26. The van der Waals surface area contributed by atoms with Crippen LogP contribution in [0, 0.1) is 0 Å². The number of pyridine rings is 1. The van der Waals surface area contributed by atoms with E-state index in [9.17, 15) is 5.11 Å². The summed E-state index contributed by atoms with van der Waals surface area (Å²) >= 11 is 0. The van der Waals surface area contributed by atoms with Crippen LogP contribution in [0.5, 0.6) is 0 Å². The summed E-state index contributed by atoms with van der Waals surface area (Å²) in [7, 11) is 0. The molecule has 0 bridgehead atoms. The zero-order valence-corrected chi connectivity index (χ0v) is 15.8. The standard InChI is InChI=1S/C24H29NO/c1-2-3-12-19-20-13-7-11-18(16-17-9-5-4-6-10-17)23(20)25-24-21(19)14-8-15-22(24)26/h4-6,9-10,16,22,26H,2-3,7-8,11-15H2,1H3/b18-16-. The van der Waals surface area contributed by atoms with E-state index in [1.807, 2.05) is 0 Å². The molecule has 0 amide bonds. The number of fused-ring (bicyclic) bond motifs is 2. The largest absolute Gasteiger partial charge is 0.387 e. The zero-order valence-electron chi connectivity index (χ0n) is 15.8. The first-order valence-electron chi connectivity index (χ1n) is 10.3. The number of hydrogen-bond donors (Lipinski definition) is 1. The van der Waals surface area contributed by atoms with Gasteiger partial charge in [-0.05, 0) is 85.3 Å². The van der Waals surface area contributed by atoms with E-state index in [1.165, 1.54) is 52.8 Å². The maximum Gasteiger partial charge on any atom is 0.0963 e. The van der Waals surface area contributed by atoms with Gasteiger partial charge in [-0.2, -0.15) is 0 Å². The van der Waals surface area contributed by atoms with E-state index in [-0.39, 0.29) is 6.10 Å². The number of allylic oxidation sites excluding steroid dienone is 1. The van der Waals surface area contributed by atoms with E-state index in [0.29, 0.717) is 0 Å². The van der Waals surface area contributed by atoms with Gasteiger partial charge < -0.3 is 5.11 Å². The topological polar surface area (TPSA) is 33.1 Å². The Balaban J connectivity index is 1.85. The Bertz CT molecular complexity index is 807. The van der Waals surface area contributed by atoms with Crippen LogP contribution in [-0.4, -0.2) is 10.1 Å². The number of hydrogen-bond acceptors (Lipinski definition) is 2. The van der Waals surface area contributed by atoms with Gasteiger partial charge in [0.1, 0.15) is 0 Å². The lowest BCUT2D eigenvalue weighted by molar-refractivity contribution is 0.151. The number of benzene rings is 1. The van der Waals surface area contributed by atoms with E-state index in [0.717, 1.165) is 44.2 Å². The molecule has 2 heteroatoms. The van der Waals surface area contributed by atoms with Crippen molar-refractivity contribution in [3.63, 3.8) is 0 Å². The minimum absolute atomic E-state index is 0.385. The third-order valence-corrected chi connectivity index (χ3v) is 5.87. The minimum atomic E-state index is -0.385. The Morgan fingerprint density at radius 3 is 2.69 bits per heavy atom. The first kappa shape index (κ1) is 17.5. The van der Waals surface area contributed by atoms with E-state index >= 15 is 0 Å². The Hall–Kier alpha value is -1.93. The van der Waals surface area contributed by atoms with Crippen LogP contribution in [0.4, 0.5) is 0 Å². The molecule has 2 aliphatic rings. The second-order valence-corrected chi connectivity index (χ2v) is 7.73. The van der Waals surface area contributed by atoms with Crippen LogP contribution in [0.1, 0.15) is 85.2 Å². The molecule has 0 fully saturated rings. The van der Waals surface area contributed by atoms with Crippen LogP contribution < -0.4 is 0 Å². The van der Waals surface area contributed by atoms with Crippen molar-refractivity contribution in [2.24, 2.45) is 0 Å². The number of nitrogens with zero attached hydrogens (tertiary/aromatic N) is 1. The van der Waals surface area contributed by atoms with Crippen LogP contribution in [-0.2, 0) is 19.3 Å². The van der Waals surface area contributed by atoms with Crippen LogP contribution in [0.25, 0.3) is 11.6 Å². The predicted molar refractivity (Wildman–Crippen MR) is 108 cm³/mol. The average Bonchev–Trinajstić information content (AvgIpc) is 2.67. The fourth-order valence-electron chi connectivity index (χ4n) is 4.55. The molecule has 1 unspecified atom stereocenters. The molecule has 1 N–H and O–H groups in total. The number of unbranched alkanes of at least 4 members (excludes halogenated alkanes) is 1. The van der Waals surface area contributed by atoms with Gasteiger partial charge in [-0.25, -0.2) is 4.98 Å². The second-order valence-electron chi connectivity index (χ2n) is 7.73. The molecule has 0 aliphatic heterocycles. The molecule has 0 spiro atoms. The molecule has 2 nitrogen and oxygen atoms in total. The van der Waals surface area contributed by atoms with Crippen molar-refractivity contribution in [3.8, 4) is 0 Å². The highest BCUT2D eigenvalue weighted by Gasteiger charge is 2.28. The summed E-state index contributed by atoms with van der Waals surface area (Å²) in [6, 6.07) is 10.6. The molecular weight excluding hydrogens is 318 g/mol. The zero-order chi connectivity index (χ0) is 17.9. The van der Waals surface area contributed by atoms with Crippen molar-refractivity contribution in [2.75, 3.05) is 0 Å². The van der Waals surface area contributed by atoms with Crippen molar-refractivity contribution in [3.05, 3.63) is 64.0 Å². The predicted octanol–water partition coefficient (Wildman–Crippen LogP) is 5.67. The van der Waals surface area contributed by atoms with Gasteiger partial charge in [0.15, 0.2) is 0 Å². The normalized spacial score (nSPS) is 20.7. The first-order valence-corrected chi connectivity index (χ1v) is 10.3. The van der Waals surface area contributed by atoms with Crippen LogP contribution >= 0.6 is 0 Å². The molecular formula is C24H29NO. The summed E-state index contributed by atoms with van der Waals surface area (Å²) in [5, 5.41) is 10.6. The van der Waals surface area contributed by atoms with Gasteiger partial charge in [-0.3, -0.25) is 0 Å². The third kappa shape index (κ3) is 3.35. The minimum Gasteiger partial charge on any atom is -0.387 e. The highest BCUT2D eigenvalue weighted by Crippen LogP contribution is 2.40. The Morgan fingerprint density at radius 2 is 1.88 bits per heavy atom. The molecule has 1 atom stereocenters. The molecule has 2 aliphatic carbocycles. The fraction of sp³-hybridized carbons (Fsp3) is 0.458. The number of aromatic nitrogens is 1. The van der Waals surface area contributed by atoms with E-state index < -0.39 is 0 Å². The van der Waals surface area contributed by atoms with E-state index in [2.05, 4.69) is 43.3 Å². The molecule has 1 aromatic carbocycles. The second kappa shape index (κ2) is 7.75. The fourth-order valence-corrected chi connectivity index (χ4v) is 4.55. The van der Waals surface area contributed by atoms with Crippen molar-refractivity contribution < 1.29 is 5.11 Å². The smallest absolute Gasteiger partial charge is 0.0963 e. The van der Waals surface area contributed by atoms with Crippen LogP contribution in [0.15, 0.2) is 30.3 Å². The van der Waals surface area contributed by atoms with Gasteiger partial charge >= 0.3 is 0 Å². The van der Waals surface area contributed by atoms with E-state index in [1.54, 1.807) is 0 Å². The molecule has 136 valence electrons.